The van der Waals surface area contributed by atoms with Gasteiger partial charge in [-0.2, -0.15) is 8.42 Å². The molecule has 3 aliphatic rings. The van der Waals surface area contributed by atoms with Gasteiger partial charge in [0.2, 0.25) is 0 Å². The van der Waals surface area contributed by atoms with E-state index in [1.165, 1.54) is 24.6 Å². The zero-order valence-electron chi connectivity index (χ0n) is 20.0. The van der Waals surface area contributed by atoms with Crippen molar-refractivity contribution in [1.29, 1.82) is 0 Å². The van der Waals surface area contributed by atoms with Crippen LogP contribution in [0, 0.1) is 17.3 Å². The number of carbonyl (C=O) groups excluding carboxylic acids is 1. The van der Waals surface area contributed by atoms with Crippen LogP contribution in [-0.4, -0.2) is 27.6 Å². The van der Waals surface area contributed by atoms with Crippen LogP contribution in [0.2, 0.25) is 0 Å². The molecule has 2 saturated carbocycles. The highest BCUT2D eigenvalue weighted by Crippen LogP contribution is 2.62. The normalized spacial score (nSPS) is 30.0. The summed E-state index contributed by atoms with van der Waals surface area (Å²) >= 11 is 0. The number of methoxy groups -OCH3 is 1. The third-order valence-electron chi connectivity index (χ3n) is 8.46. The van der Waals surface area contributed by atoms with Crippen LogP contribution in [0.15, 0.2) is 47.4 Å². The molecule has 182 valence electrons. The summed E-state index contributed by atoms with van der Waals surface area (Å²) in [6, 6.07) is 12.0. The Kier molecular flexibility index (Phi) is 5.87. The van der Waals surface area contributed by atoms with E-state index in [0.717, 1.165) is 44.1 Å². The van der Waals surface area contributed by atoms with E-state index in [2.05, 4.69) is 6.92 Å². The van der Waals surface area contributed by atoms with Crippen molar-refractivity contribution >= 4 is 16.1 Å². The molecule has 0 N–H and O–H groups in total. The highest BCUT2D eigenvalue weighted by atomic mass is 32.2. The molecule has 0 bridgehead atoms. The molecule has 0 amide bonds. The lowest BCUT2D eigenvalue weighted by Crippen LogP contribution is -2.45. The lowest BCUT2D eigenvalue weighted by atomic mass is 9.55. The Hall–Kier alpha value is -2.54. The Morgan fingerprint density at radius 1 is 1.03 bits per heavy atom. The predicted octanol–water partition coefficient (Wildman–Crippen LogP) is 5.25. The molecule has 3 unspecified atom stereocenters. The van der Waals surface area contributed by atoms with Gasteiger partial charge < -0.3 is 13.7 Å². The van der Waals surface area contributed by atoms with Gasteiger partial charge in [0.25, 0.3) is 0 Å². The van der Waals surface area contributed by atoms with Gasteiger partial charge in [-0.3, -0.25) is 4.79 Å². The van der Waals surface area contributed by atoms with Crippen molar-refractivity contribution in [2.75, 3.05) is 7.11 Å². The Balaban J connectivity index is 1.44. The van der Waals surface area contributed by atoms with Crippen LogP contribution >= 0.6 is 0 Å². The molecular formula is C27H32O6S. The highest BCUT2D eigenvalue weighted by Gasteiger charge is 2.56. The SMILES string of the molecule is COc1cc2c(cc1OS(=O)(=O)c1ccccc1)CCC1C2CC[C@@]2(C)C1CC[C@@H]2OC(C)=O. The summed E-state index contributed by atoms with van der Waals surface area (Å²) in [5.41, 5.74) is 2.41. The molecule has 7 heteroatoms. The summed E-state index contributed by atoms with van der Waals surface area (Å²) in [7, 11) is -2.41. The largest absolute Gasteiger partial charge is 0.493 e. The number of esters is 1. The first-order chi connectivity index (χ1) is 16.2. The molecule has 3 aliphatic carbocycles. The number of benzene rings is 2. The first kappa shape index (κ1) is 23.2. The van der Waals surface area contributed by atoms with E-state index in [1.807, 2.05) is 12.1 Å². The molecule has 0 aromatic heterocycles. The third-order valence-corrected chi connectivity index (χ3v) is 9.71. The molecule has 5 atom stereocenters. The lowest BCUT2D eigenvalue weighted by Gasteiger charge is -2.50. The van der Waals surface area contributed by atoms with E-state index in [-0.39, 0.29) is 28.1 Å². The Bertz CT molecular complexity index is 1190. The van der Waals surface area contributed by atoms with Crippen LogP contribution in [0.4, 0.5) is 0 Å². The molecular weight excluding hydrogens is 452 g/mol. The van der Waals surface area contributed by atoms with Crippen LogP contribution in [0.5, 0.6) is 11.5 Å². The van der Waals surface area contributed by atoms with Crippen LogP contribution in [0.1, 0.15) is 63.0 Å². The van der Waals surface area contributed by atoms with Gasteiger partial charge in [0, 0.05) is 12.3 Å². The quantitative estimate of drug-likeness (QED) is 0.426. The average Bonchev–Trinajstić information content (AvgIpc) is 3.14. The van der Waals surface area contributed by atoms with Gasteiger partial charge in [-0.25, -0.2) is 0 Å². The number of hydrogen-bond acceptors (Lipinski definition) is 6. The first-order valence-corrected chi connectivity index (χ1v) is 13.5. The zero-order chi connectivity index (χ0) is 24.1. The molecule has 6 nitrogen and oxygen atoms in total. The second-order valence-electron chi connectivity index (χ2n) is 10.2. The highest BCUT2D eigenvalue weighted by molar-refractivity contribution is 7.87. The topological polar surface area (TPSA) is 78.9 Å². The van der Waals surface area contributed by atoms with Crippen molar-refractivity contribution in [2.24, 2.45) is 17.3 Å². The molecule has 2 aromatic rings. The Labute approximate surface area is 201 Å². The summed E-state index contributed by atoms with van der Waals surface area (Å²) < 4.78 is 42.5. The van der Waals surface area contributed by atoms with Crippen LogP contribution in [0.3, 0.4) is 0 Å². The zero-order valence-corrected chi connectivity index (χ0v) is 20.8. The third kappa shape index (κ3) is 3.88. The molecule has 5 rings (SSSR count). The number of carbonyl (C=O) groups is 1. The number of fused-ring (bicyclic) bond motifs is 5. The molecule has 34 heavy (non-hydrogen) atoms. The van der Waals surface area contributed by atoms with Crippen molar-refractivity contribution in [3.63, 3.8) is 0 Å². The molecule has 0 heterocycles. The van der Waals surface area contributed by atoms with E-state index >= 15 is 0 Å². The van der Waals surface area contributed by atoms with Crippen molar-refractivity contribution in [2.45, 2.75) is 69.3 Å². The summed E-state index contributed by atoms with van der Waals surface area (Å²) in [5.74, 6) is 1.93. The molecule has 0 aliphatic heterocycles. The predicted molar refractivity (Wildman–Crippen MR) is 127 cm³/mol. The molecule has 0 radical (unpaired) electrons. The maximum absolute atomic E-state index is 12.8. The summed E-state index contributed by atoms with van der Waals surface area (Å²) in [6.45, 7) is 3.80. The number of ether oxygens (including phenoxy) is 2. The van der Waals surface area contributed by atoms with Gasteiger partial charge in [0.1, 0.15) is 11.0 Å². The minimum atomic E-state index is -3.95. The van der Waals surface area contributed by atoms with Gasteiger partial charge in [-0.1, -0.05) is 25.1 Å². The second kappa shape index (κ2) is 8.59. The van der Waals surface area contributed by atoms with Crippen molar-refractivity contribution in [1.82, 2.24) is 0 Å². The maximum Gasteiger partial charge on any atom is 0.339 e. The number of hydrogen-bond donors (Lipinski definition) is 0. The van der Waals surface area contributed by atoms with Crippen molar-refractivity contribution in [3.05, 3.63) is 53.6 Å². The van der Waals surface area contributed by atoms with E-state index in [4.69, 9.17) is 13.7 Å². The smallest absolute Gasteiger partial charge is 0.339 e. The van der Waals surface area contributed by atoms with Crippen molar-refractivity contribution < 1.29 is 26.9 Å². The van der Waals surface area contributed by atoms with E-state index in [1.54, 1.807) is 25.3 Å². The standard InChI is InChI=1S/C27H32O6S/c1-17(28)32-26-12-11-23-21-10-9-18-15-25(33-34(29,30)19-7-5-4-6-8-19)24(31-3)16-22(18)20(21)13-14-27(23,26)2/h4-8,15-16,20-21,23,26H,9-14H2,1-3H3/t20?,21?,23?,26-,27-/m0/s1. The minimum Gasteiger partial charge on any atom is -0.493 e. The van der Waals surface area contributed by atoms with Gasteiger partial charge >= 0.3 is 16.1 Å². The van der Waals surface area contributed by atoms with E-state index in [9.17, 15) is 13.2 Å². The van der Waals surface area contributed by atoms with Crippen molar-refractivity contribution in [3.8, 4) is 11.5 Å². The van der Waals surface area contributed by atoms with Crippen LogP contribution in [-0.2, 0) is 26.1 Å². The van der Waals surface area contributed by atoms with E-state index < -0.39 is 10.1 Å². The monoisotopic (exact) mass is 484 g/mol. The average molecular weight is 485 g/mol. The summed E-state index contributed by atoms with van der Waals surface area (Å²) in [4.78, 5) is 11.8. The Morgan fingerprint density at radius 2 is 1.79 bits per heavy atom. The molecule has 0 saturated heterocycles. The van der Waals surface area contributed by atoms with Gasteiger partial charge in [-0.15, -0.1) is 0 Å². The summed E-state index contributed by atoms with van der Waals surface area (Å²) in [5, 5.41) is 0. The number of aryl methyl sites for hydroxylation is 1. The molecule has 2 fully saturated rings. The first-order valence-electron chi connectivity index (χ1n) is 12.1. The second-order valence-corrected chi connectivity index (χ2v) is 11.7. The van der Waals surface area contributed by atoms with Crippen LogP contribution in [0.25, 0.3) is 0 Å². The Morgan fingerprint density at radius 3 is 2.50 bits per heavy atom. The van der Waals surface area contributed by atoms with Crippen LogP contribution < -0.4 is 8.92 Å². The molecule has 0 spiro atoms. The minimum absolute atomic E-state index is 0.00542. The maximum atomic E-state index is 12.8. The molecule has 2 aromatic carbocycles. The van der Waals surface area contributed by atoms with E-state index in [0.29, 0.717) is 23.5 Å². The van der Waals surface area contributed by atoms with Gasteiger partial charge in [-0.05, 0) is 91.7 Å². The fraction of sp³-hybridized carbons (Fsp3) is 0.519. The van der Waals surface area contributed by atoms with Gasteiger partial charge in [0.05, 0.1) is 7.11 Å². The van der Waals surface area contributed by atoms with Gasteiger partial charge in [0.15, 0.2) is 11.5 Å². The fourth-order valence-corrected chi connectivity index (χ4v) is 7.86. The fourth-order valence-electron chi connectivity index (χ4n) is 6.90. The number of rotatable bonds is 5. The lowest BCUT2D eigenvalue weighted by molar-refractivity contribution is -0.154. The summed E-state index contributed by atoms with van der Waals surface area (Å²) in [6.07, 6.45) is 5.97.